The van der Waals surface area contributed by atoms with E-state index in [0.717, 1.165) is 26.7 Å². The van der Waals surface area contributed by atoms with Crippen LogP contribution in [0.5, 0.6) is 11.5 Å². The van der Waals surface area contributed by atoms with Crippen molar-refractivity contribution in [2.75, 3.05) is 11.9 Å². The summed E-state index contributed by atoms with van der Waals surface area (Å²) in [6.07, 6.45) is 0. The number of hydrogen-bond acceptors (Lipinski definition) is 7. The molecule has 0 radical (unpaired) electrons. The number of ether oxygens (including phenoxy) is 2. The molecule has 4 rings (SSSR count). The summed E-state index contributed by atoms with van der Waals surface area (Å²) in [4.78, 5) is 21.4. The number of carbonyl (C=O) groups excluding carboxylic acids is 1. The van der Waals surface area contributed by atoms with Crippen LogP contribution in [0.25, 0.3) is 10.2 Å². The Balaban J connectivity index is 1.39. The van der Waals surface area contributed by atoms with Crippen molar-refractivity contribution in [3.63, 3.8) is 0 Å². The van der Waals surface area contributed by atoms with Gasteiger partial charge in [0.2, 0.25) is 0 Å². The fourth-order valence-corrected chi connectivity index (χ4v) is 4.27. The summed E-state index contributed by atoms with van der Waals surface area (Å²) in [6.45, 7) is 4.92. The lowest BCUT2D eigenvalue weighted by molar-refractivity contribution is 0.102. The molecule has 2 heterocycles. The van der Waals surface area contributed by atoms with Crippen molar-refractivity contribution in [3.05, 3.63) is 64.1 Å². The maximum atomic E-state index is 12.5. The highest BCUT2D eigenvalue weighted by molar-refractivity contribution is 7.22. The minimum absolute atomic E-state index is 0.212. The molecule has 0 unspecified atom stereocenters. The SMILES string of the molecule is CCOc1ccc2nc(NC(=O)c3ccc(OCc4nc(C)cs4)cc3)sc2c1. The van der Waals surface area contributed by atoms with Gasteiger partial charge in [-0.15, -0.1) is 11.3 Å². The van der Waals surface area contributed by atoms with Crippen molar-refractivity contribution in [1.82, 2.24) is 9.97 Å². The second kappa shape index (κ2) is 8.59. The van der Waals surface area contributed by atoms with Gasteiger partial charge in [0, 0.05) is 16.6 Å². The van der Waals surface area contributed by atoms with E-state index in [4.69, 9.17) is 9.47 Å². The summed E-state index contributed by atoms with van der Waals surface area (Å²) in [7, 11) is 0. The van der Waals surface area contributed by atoms with Crippen LogP contribution in [0.15, 0.2) is 47.8 Å². The minimum atomic E-state index is -0.212. The Morgan fingerprint density at radius 3 is 2.59 bits per heavy atom. The molecule has 148 valence electrons. The first-order valence-electron chi connectivity index (χ1n) is 9.09. The number of aryl methyl sites for hydroxylation is 1. The standard InChI is InChI=1S/C21H19N3O3S2/c1-3-26-16-8-9-17-18(10-16)29-21(23-17)24-20(25)14-4-6-15(7-5-14)27-11-19-22-13(2)12-28-19/h4-10,12H,3,11H2,1-2H3,(H,23,24,25). The summed E-state index contributed by atoms with van der Waals surface area (Å²) in [6, 6.07) is 12.7. The minimum Gasteiger partial charge on any atom is -0.494 e. The van der Waals surface area contributed by atoms with Crippen LogP contribution in [0.3, 0.4) is 0 Å². The van der Waals surface area contributed by atoms with Crippen molar-refractivity contribution in [2.24, 2.45) is 0 Å². The van der Waals surface area contributed by atoms with E-state index in [9.17, 15) is 4.79 Å². The van der Waals surface area contributed by atoms with Gasteiger partial charge in [0.25, 0.3) is 5.91 Å². The number of rotatable bonds is 7. The van der Waals surface area contributed by atoms with E-state index in [2.05, 4.69) is 15.3 Å². The second-order valence-electron chi connectivity index (χ2n) is 6.23. The summed E-state index contributed by atoms with van der Waals surface area (Å²) < 4.78 is 12.2. The molecule has 0 spiro atoms. The highest BCUT2D eigenvalue weighted by Crippen LogP contribution is 2.29. The molecule has 2 aromatic carbocycles. The molecule has 0 saturated heterocycles. The number of anilines is 1. The van der Waals surface area contributed by atoms with Crippen LogP contribution in [0.2, 0.25) is 0 Å². The molecule has 2 aromatic heterocycles. The zero-order valence-corrected chi connectivity index (χ0v) is 17.6. The van der Waals surface area contributed by atoms with Gasteiger partial charge in [-0.1, -0.05) is 11.3 Å². The van der Waals surface area contributed by atoms with Crippen LogP contribution in [-0.2, 0) is 6.61 Å². The Morgan fingerprint density at radius 1 is 1.07 bits per heavy atom. The van der Waals surface area contributed by atoms with Crippen molar-refractivity contribution < 1.29 is 14.3 Å². The molecule has 1 amide bonds. The first-order chi connectivity index (χ1) is 14.1. The zero-order chi connectivity index (χ0) is 20.2. The van der Waals surface area contributed by atoms with Gasteiger partial charge in [-0.25, -0.2) is 9.97 Å². The predicted molar refractivity (Wildman–Crippen MR) is 116 cm³/mol. The first kappa shape index (κ1) is 19.4. The molecule has 0 bridgehead atoms. The largest absolute Gasteiger partial charge is 0.494 e. The van der Waals surface area contributed by atoms with Gasteiger partial charge in [-0.2, -0.15) is 0 Å². The van der Waals surface area contributed by atoms with E-state index < -0.39 is 0 Å². The van der Waals surface area contributed by atoms with Crippen LogP contribution in [0.4, 0.5) is 5.13 Å². The number of aromatic nitrogens is 2. The lowest BCUT2D eigenvalue weighted by Gasteiger charge is -2.05. The van der Waals surface area contributed by atoms with E-state index in [1.54, 1.807) is 35.6 Å². The third-order valence-electron chi connectivity index (χ3n) is 4.04. The predicted octanol–water partition coefficient (Wildman–Crippen LogP) is 5.29. The number of carbonyl (C=O) groups is 1. The smallest absolute Gasteiger partial charge is 0.257 e. The van der Waals surface area contributed by atoms with Gasteiger partial charge in [0.05, 0.1) is 16.8 Å². The van der Waals surface area contributed by atoms with Crippen LogP contribution in [-0.4, -0.2) is 22.5 Å². The molecule has 0 saturated carbocycles. The number of nitrogens with zero attached hydrogens (tertiary/aromatic N) is 2. The highest BCUT2D eigenvalue weighted by atomic mass is 32.1. The molecule has 0 aliphatic rings. The van der Waals surface area contributed by atoms with Gasteiger partial charge in [0.15, 0.2) is 5.13 Å². The molecule has 0 aliphatic carbocycles. The van der Waals surface area contributed by atoms with Crippen molar-refractivity contribution in [1.29, 1.82) is 0 Å². The Labute approximate surface area is 176 Å². The Bertz CT molecular complexity index is 1140. The number of benzene rings is 2. The first-order valence-corrected chi connectivity index (χ1v) is 10.8. The Kier molecular flexibility index (Phi) is 5.73. The summed E-state index contributed by atoms with van der Waals surface area (Å²) in [5, 5.41) is 6.33. The molecule has 6 nitrogen and oxygen atoms in total. The van der Waals surface area contributed by atoms with E-state index in [-0.39, 0.29) is 5.91 Å². The number of amides is 1. The Hall–Kier alpha value is -2.97. The van der Waals surface area contributed by atoms with Gasteiger partial charge in [-0.05, 0) is 56.3 Å². The second-order valence-corrected chi connectivity index (χ2v) is 8.20. The van der Waals surface area contributed by atoms with Gasteiger partial charge >= 0.3 is 0 Å². The summed E-state index contributed by atoms with van der Waals surface area (Å²) in [5.41, 5.74) is 2.36. The molecule has 1 N–H and O–H groups in total. The fraction of sp³-hybridized carbons (Fsp3) is 0.190. The lowest BCUT2D eigenvalue weighted by atomic mass is 10.2. The third kappa shape index (κ3) is 4.72. The fourth-order valence-electron chi connectivity index (χ4n) is 2.70. The van der Waals surface area contributed by atoms with E-state index in [0.29, 0.717) is 29.7 Å². The van der Waals surface area contributed by atoms with Crippen LogP contribution < -0.4 is 14.8 Å². The van der Waals surface area contributed by atoms with Crippen molar-refractivity contribution in [3.8, 4) is 11.5 Å². The monoisotopic (exact) mass is 425 g/mol. The van der Waals surface area contributed by atoms with E-state index in [1.165, 1.54) is 11.3 Å². The highest BCUT2D eigenvalue weighted by Gasteiger charge is 2.11. The molecule has 0 atom stereocenters. The molecule has 0 fully saturated rings. The lowest BCUT2D eigenvalue weighted by Crippen LogP contribution is -2.11. The molecule has 8 heteroatoms. The van der Waals surface area contributed by atoms with Gasteiger partial charge < -0.3 is 9.47 Å². The summed E-state index contributed by atoms with van der Waals surface area (Å²) in [5.74, 6) is 1.28. The molecule has 29 heavy (non-hydrogen) atoms. The van der Waals surface area contributed by atoms with Crippen LogP contribution >= 0.6 is 22.7 Å². The number of fused-ring (bicyclic) bond motifs is 1. The molecule has 0 aliphatic heterocycles. The average Bonchev–Trinajstić information content (AvgIpc) is 3.32. The molecule has 4 aromatic rings. The number of thiazole rings is 2. The maximum Gasteiger partial charge on any atom is 0.257 e. The van der Waals surface area contributed by atoms with Crippen molar-refractivity contribution in [2.45, 2.75) is 20.5 Å². The number of nitrogens with one attached hydrogen (secondary N) is 1. The van der Waals surface area contributed by atoms with Crippen LogP contribution in [0, 0.1) is 6.92 Å². The molecular formula is C21H19N3O3S2. The summed E-state index contributed by atoms with van der Waals surface area (Å²) >= 11 is 2.99. The molecular weight excluding hydrogens is 406 g/mol. The van der Waals surface area contributed by atoms with Gasteiger partial charge in [0.1, 0.15) is 23.1 Å². The Morgan fingerprint density at radius 2 is 1.86 bits per heavy atom. The normalized spacial score (nSPS) is 10.8. The number of hydrogen-bond donors (Lipinski definition) is 1. The van der Waals surface area contributed by atoms with Crippen LogP contribution in [0.1, 0.15) is 28.0 Å². The van der Waals surface area contributed by atoms with E-state index in [1.807, 2.05) is 37.4 Å². The van der Waals surface area contributed by atoms with Crippen molar-refractivity contribution >= 4 is 43.9 Å². The van der Waals surface area contributed by atoms with Gasteiger partial charge in [-0.3, -0.25) is 10.1 Å². The van der Waals surface area contributed by atoms with E-state index >= 15 is 0 Å². The quantitative estimate of drug-likeness (QED) is 0.435. The zero-order valence-electron chi connectivity index (χ0n) is 16.0. The topological polar surface area (TPSA) is 73.3 Å². The maximum absolute atomic E-state index is 12.5. The average molecular weight is 426 g/mol. The third-order valence-corrected chi connectivity index (χ3v) is 5.91.